The molecule has 1 aliphatic rings. The molecule has 1 aromatic carbocycles. The maximum Gasteiger partial charge on any atom is 0.341 e. The highest BCUT2D eigenvalue weighted by atomic mass is 32.1. The number of hydrogen-bond acceptors (Lipinski definition) is 4. The normalized spacial score (nSPS) is 13.5. The number of anilines is 1. The van der Waals surface area contributed by atoms with E-state index in [0.29, 0.717) is 21.2 Å². The molecule has 1 aromatic heterocycles. The summed E-state index contributed by atoms with van der Waals surface area (Å²) in [5.41, 5.74) is 2.20. The van der Waals surface area contributed by atoms with Gasteiger partial charge in [0.05, 0.1) is 12.7 Å². The predicted molar refractivity (Wildman–Crippen MR) is 106 cm³/mol. The molecule has 2 aromatic rings. The number of ether oxygens (including phenoxy) is 1. The first-order chi connectivity index (χ1) is 12.6. The van der Waals surface area contributed by atoms with Gasteiger partial charge >= 0.3 is 5.97 Å². The Bertz CT molecular complexity index is 820. The first-order valence-electron chi connectivity index (χ1n) is 8.61. The quantitative estimate of drug-likeness (QED) is 0.458. The smallest absolute Gasteiger partial charge is 0.341 e. The van der Waals surface area contributed by atoms with Crippen LogP contribution in [0.1, 0.15) is 45.6 Å². The third-order valence-electron chi connectivity index (χ3n) is 4.44. The second-order valence-corrected chi connectivity index (χ2v) is 7.67. The van der Waals surface area contributed by atoms with E-state index in [9.17, 15) is 9.18 Å². The highest BCUT2D eigenvalue weighted by Gasteiger charge is 2.25. The monoisotopic (exact) mass is 392 g/mol. The predicted octanol–water partition coefficient (Wildman–Crippen LogP) is 4.43. The SMILES string of the molecule is COC(=O)c1c(NC(=S)NCc2ccccc2F)sc2c1CCCCC2. The van der Waals surface area contributed by atoms with Crippen LogP contribution in [-0.2, 0) is 24.1 Å². The molecule has 0 unspecified atom stereocenters. The molecule has 0 saturated heterocycles. The Kier molecular flexibility index (Phi) is 6.21. The Morgan fingerprint density at radius 2 is 2.04 bits per heavy atom. The largest absolute Gasteiger partial charge is 0.465 e. The van der Waals surface area contributed by atoms with Crippen LogP contribution in [0, 0.1) is 5.82 Å². The zero-order valence-electron chi connectivity index (χ0n) is 14.6. The number of halogens is 1. The van der Waals surface area contributed by atoms with E-state index in [1.54, 1.807) is 29.5 Å². The molecule has 138 valence electrons. The van der Waals surface area contributed by atoms with Crippen molar-refractivity contribution in [1.82, 2.24) is 5.32 Å². The van der Waals surface area contributed by atoms with Gasteiger partial charge < -0.3 is 15.4 Å². The van der Waals surface area contributed by atoms with Crippen molar-refractivity contribution in [1.29, 1.82) is 0 Å². The Hall–Kier alpha value is -1.99. The van der Waals surface area contributed by atoms with E-state index in [4.69, 9.17) is 17.0 Å². The number of nitrogens with one attached hydrogen (secondary N) is 2. The molecule has 1 heterocycles. The van der Waals surface area contributed by atoms with Crippen LogP contribution in [-0.4, -0.2) is 18.2 Å². The van der Waals surface area contributed by atoms with Crippen LogP contribution in [0.3, 0.4) is 0 Å². The molecule has 2 N–H and O–H groups in total. The Balaban J connectivity index is 1.75. The van der Waals surface area contributed by atoms with Gasteiger partial charge in [-0.15, -0.1) is 11.3 Å². The van der Waals surface area contributed by atoms with Crippen molar-refractivity contribution in [3.8, 4) is 0 Å². The number of carbonyl (C=O) groups excluding carboxylic acids is 1. The van der Waals surface area contributed by atoms with Crippen molar-refractivity contribution in [2.24, 2.45) is 0 Å². The summed E-state index contributed by atoms with van der Waals surface area (Å²) in [6.45, 7) is 0.275. The fourth-order valence-electron chi connectivity index (χ4n) is 3.11. The summed E-state index contributed by atoms with van der Waals surface area (Å²) in [5.74, 6) is -0.621. The fraction of sp³-hybridized carbons (Fsp3) is 0.368. The first-order valence-corrected chi connectivity index (χ1v) is 9.83. The molecule has 0 radical (unpaired) electrons. The second-order valence-electron chi connectivity index (χ2n) is 6.16. The maximum atomic E-state index is 13.7. The van der Waals surface area contributed by atoms with Crippen LogP contribution in [0.25, 0.3) is 0 Å². The molecule has 0 atom stereocenters. The van der Waals surface area contributed by atoms with Crippen LogP contribution in [0.15, 0.2) is 24.3 Å². The number of thiocarbonyl (C=S) groups is 1. The number of carbonyl (C=O) groups is 1. The summed E-state index contributed by atoms with van der Waals surface area (Å²) < 4.78 is 18.7. The van der Waals surface area contributed by atoms with Crippen LogP contribution < -0.4 is 10.6 Å². The molecule has 7 heteroatoms. The van der Waals surface area contributed by atoms with Crippen LogP contribution in [0.4, 0.5) is 9.39 Å². The van der Waals surface area contributed by atoms with E-state index in [0.717, 1.165) is 31.2 Å². The third-order valence-corrected chi connectivity index (χ3v) is 5.89. The zero-order chi connectivity index (χ0) is 18.5. The van der Waals surface area contributed by atoms with Crippen LogP contribution in [0.2, 0.25) is 0 Å². The van der Waals surface area contributed by atoms with Gasteiger partial charge in [-0.1, -0.05) is 24.6 Å². The van der Waals surface area contributed by atoms with E-state index in [1.165, 1.54) is 24.5 Å². The van der Waals surface area contributed by atoms with Gasteiger partial charge in [0, 0.05) is 17.0 Å². The van der Waals surface area contributed by atoms with Crippen molar-refractivity contribution < 1.29 is 13.9 Å². The molecule has 0 amide bonds. The Morgan fingerprint density at radius 1 is 1.27 bits per heavy atom. The van der Waals surface area contributed by atoms with Crippen molar-refractivity contribution in [2.45, 2.75) is 38.6 Å². The Morgan fingerprint density at radius 3 is 2.81 bits per heavy atom. The molecular formula is C19H21FN2O2S2. The molecule has 26 heavy (non-hydrogen) atoms. The summed E-state index contributed by atoms with van der Waals surface area (Å²) in [7, 11) is 1.39. The fourth-order valence-corrected chi connectivity index (χ4v) is 4.63. The molecule has 0 bridgehead atoms. The van der Waals surface area contributed by atoms with E-state index in [2.05, 4.69) is 10.6 Å². The number of methoxy groups -OCH3 is 1. The summed E-state index contributed by atoms with van der Waals surface area (Å²) in [6.07, 6.45) is 5.23. The molecule has 4 nitrogen and oxygen atoms in total. The lowest BCUT2D eigenvalue weighted by Gasteiger charge is -2.11. The first kappa shape index (κ1) is 18.8. The minimum atomic E-state index is -0.344. The van der Waals surface area contributed by atoms with Crippen molar-refractivity contribution in [2.75, 3.05) is 12.4 Å². The lowest BCUT2D eigenvalue weighted by molar-refractivity contribution is 0.0601. The average Bonchev–Trinajstić information content (AvgIpc) is 2.81. The highest BCUT2D eigenvalue weighted by molar-refractivity contribution is 7.80. The number of aryl methyl sites for hydroxylation is 1. The molecule has 1 aliphatic carbocycles. The number of rotatable bonds is 4. The van der Waals surface area contributed by atoms with Crippen molar-refractivity contribution in [3.05, 3.63) is 51.7 Å². The molecule has 0 aliphatic heterocycles. The standard InChI is InChI=1S/C19H21FN2O2S2/c1-24-18(23)16-13-8-3-2-4-10-15(13)26-17(16)22-19(25)21-11-12-7-5-6-9-14(12)20/h5-7,9H,2-4,8,10-11H2,1H3,(H2,21,22,25). The Labute approximate surface area is 161 Å². The molecule has 0 fully saturated rings. The topological polar surface area (TPSA) is 50.4 Å². The second kappa shape index (κ2) is 8.60. The lowest BCUT2D eigenvalue weighted by atomic mass is 10.1. The van der Waals surface area contributed by atoms with Gasteiger partial charge in [-0.05, 0) is 49.5 Å². The van der Waals surface area contributed by atoms with E-state index >= 15 is 0 Å². The van der Waals surface area contributed by atoms with Crippen molar-refractivity contribution >= 4 is 39.6 Å². The summed E-state index contributed by atoms with van der Waals surface area (Å²) >= 11 is 6.90. The van der Waals surface area contributed by atoms with Gasteiger partial charge in [0.2, 0.25) is 0 Å². The summed E-state index contributed by atoms with van der Waals surface area (Å²) in [6, 6.07) is 6.55. The van der Waals surface area contributed by atoms with Gasteiger partial charge in [0.1, 0.15) is 10.8 Å². The van der Waals surface area contributed by atoms with Crippen LogP contribution >= 0.6 is 23.6 Å². The van der Waals surface area contributed by atoms with E-state index in [-0.39, 0.29) is 18.3 Å². The van der Waals surface area contributed by atoms with E-state index in [1.807, 2.05) is 0 Å². The van der Waals surface area contributed by atoms with Gasteiger partial charge in [0.25, 0.3) is 0 Å². The van der Waals surface area contributed by atoms with Gasteiger partial charge in [-0.25, -0.2) is 9.18 Å². The zero-order valence-corrected chi connectivity index (χ0v) is 16.2. The van der Waals surface area contributed by atoms with E-state index < -0.39 is 0 Å². The minimum absolute atomic E-state index is 0.275. The number of fused-ring (bicyclic) bond motifs is 1. The van der Waals surface area contributed by atoms with Crippen molar-refractivity contribution in [3.63, 3.8) is 0 Å². The molecule has 3 rings (SSSR count). The number of benzene rings is 1. The van der Waals surface area contributed by atoms with Crippen LogP contribution in [0.5, 0.6) is 0 Å². The maximum absolute atomic E-state index is 13.7. The number of hydrogen-bond donors (Lipinski definition) is 2. The minimum Gasteiger partial charge on any atom is -0.465 e. The number of esters is 1. The van der Waals surface area contributed by atoms with Gasteiger partial charge in [0.15, 0.2) is 5.11 Å². The van der Waals surface area contributed by atoms with Gasteiger partial charge in [-0.3, -0.25) is 0 Å². The lowest BCUT2D eigenvalue weighted by Crippen LogP contribution is -2.28. The highest BCUT2D eigenvalue weighted by Crippen LogP contribution is 2.37. The summed E-state index contributed by atoms with van der Waals surface area (Å²) in [5, 5.41) is 7.17. The third kappa shape index (κ3) is 4.22. The molecule has 0 saturated carbocycles. The molecular weight excluding hydrogens is 371 g/mol. The van der Waals surface area contributed by atoms with Gasteiger partial charge in [-0.2, -0.15) is 0 Å². The number of thiophene rings is 1. The molecule has 0 spiro atoms. The average molecular weight is 393 g/mol. The summed E-state index contributed by atoms with van der Waals surface area (Å²) in [4.78, 5) is 13.5.